The van der Waals surface area contributed by atoms with Crippen LogP contribution in [-0.2, 0) is 9.30 Å². The van der Waals surface area contributed by atoms with E-state index < -0.39 is 19.2 Å². The van der Waals surface area contributed by atoms with Gasteiger partial charge in [0.15, 0.2) is 5.34 Å². The fraction of sp³-hybridized carbons (Fsp3) is 0.857. The van der Waals surface area contributed by atoms with Crippen molar-refractivity contribution in [1.82, 2.24) is 0 Å². The van der Waals surface area contributed by atoms with Crippen molar-refractivity contribution in [1.29, 1.82) is 0 Å². The lowest BCUT2D eigenvalue weighted by Gasteiger charge is -2.35. The quantitative estimate of drug-likeness (QED) is 0.471. The Morgan fingerprint density at radius 2 is 1.92 bits per heavy atom. The third kappa shape index (κ3) is 3.04. The molecule has 0 aromatic carbocycles. The summed E-state index contributed by atoms with van der Waals surface area (Å²) in [5.74, 6) is 0.498. The summed E-state index contributed by atoms with van der Waals surface area (Å²) in [4.78, 5) is 18.1. The molecule has 79 valence electrons. The van der Waals surface area contributed by atoms with E-state index in [2.05, 4.69) is 0 Å². The third-order valence-corrected chi connectivity index (χ3v) is 3.56. The summed E-state index contributed by atoms with van der Waals surface area (Å²) in [6.07, 6.45) is -0.715. The minimum atomic E-state index is -4.34. The number of hydrogen-bond donors (Lipinski definition) is 3. The van der Waals surface area contributed by atoms with Crippen LogP contribution < -0.4 is 5.73 Å². The van der Waals surface area contributed by atoms with E-state index >= 15 is 0 Å². The van der Waals surface area contributed by atoms with Gasteiger partial charge in [-0.25, -0.2) is 0 Å². The summed E-state index contributed by atoms with van der Waals surface area (Å²) in [6.45, 7) is 6.06. The van der Waals surface area contributed by atoms with Crippen LogP contribution in [0.3, 0.4) is 0 Å². The van der Waals surface area contributed by atoms with Gasteiger partial charge in [0, 0.05) is 5.92 Å². The molecular weight excluding hydrogens is 193 g/mol. The molecule has 6 heteroatoms. The molecule has 13 heavy (non-hydrogen) atoms. The molecule has 0 heterocycles. The Kier molecular flexibility index (Phi) is 4.09. The molecule has 2 atom stereocenters. The molecule has 0 aliphatic rings. The second kappa shape index (κ2) is 4.07. The van der Waals surface area contributed by atoms with E-state index in [9.17, 15) is 4.57 Å². The highest BCUT2D eigenvalue weighted by Gasteiger charge is 2.47. The van der Waals surface area contributed by atoms with Gasteiger partial charge in [0.2, 0.25) is 0 Å². The molecule has 0 aliphatic carbocycles. The van der Waals surface area contributed by atoms with Gasteiger partial charge >= 0.3 is 7.60 Å². The minimum absolute atomic E-state index is 0.498. The molecule has 4 N–H and O–H groups in total. The first kappa shape index (κ1) is 13.1. The predicted octanol–water partition coefficient (Wildman–Crippen LogP) is 0.816. The summed E-state index contributed by atoms with van der Waals surface area (Å²) >= 11 is 0. The molecule has 0 rings (SSSR count). The number of nitrogens with two attached hydrogens (primary N) is 1. The maximum Gasteiger partial charge on any atom is 0.357 e. The lowest BCUT2D eigenvalue weighted by atomic mass is 10.1. The summed E-state index contributed by atoms with van der Waals surface area (Å²) in [7, 11) is -4.34. The van der Waals surface area contributed by atoms with Gasteiger partial charge in [-0.05, 0) is 13.8 Å². The van der Waals surface area contributed by atoms with Crippen molar-refractivity contribution >= 4 is 7.60 Å². The second-order valence-electron chi connectivity index (χ2n) is 3.35. The zero-order valence-electron chi connectivity index (χ0n) is 8.31. The number of rotatable bonds is 4. The summed E-state index contributed by atoms with van der Waals surface area (Å²) in [5.41, 5.74) is 5.33. The highest BCUT2D eigenvalue weighted by atomic mass is 31.2. The van der Waals surface area contributed by atoms with E-state index in [4.69, 9.17) is 20.3 Å². The molecule has 0 amide bonds. The van der Waals surface area contributed by atoms with E-state index in [-0.39, 0.29) is 0 Å². The SMILES string of the molecule is C[C](C)C(C)(OC(C)N)P(=O)(O)O. The minimum Gasteiger partial charge on any atom is -0.344 e. The van der Waals surface area contributed by atoms with E-state index in [1.807, 2.05) is 0 Å². The van der Waals surface area contributed by atoms with Gasteiger partial charge in [-0.1, -0.05) is 13.8 Å². The van der Waals surface area contributed by atoms with E-state index in [0.29, 0.717) is 5.92 Å². The normalized spacial score (nSPS) is 20.0. The van der Waals surface area contributed by atoms with Crippen molar-refractivity contribution in [3.8, 4) is 0 Å². The molecule has 0 aromatic rings. The zero-order chi connectivity index (χ0) is 10.9. The van der Waals surface area contributed by atoms with Gasteiger partial charge in [0.05, 0.1) is 0 Å². The number of ether oxygens (including phenoxy) is 1. The van der Waals surface area contributed by atoms with Crippen LogP contribution in [0.2, 0.25) is 0 Å². The van der Waals surface area contributed by atoms with Crippen LogP contribution in [0.15, 0.2) is 0 Å². The van der Waals surface area contributed by atoms with Gasteiger partial charge < -0.3 is 20.3 Å². The molecule has 1 radical (unpaired) electrons. The van der Waals surface area contributed by atoms with Crippen LogP contribution >= 0.6 is 7.60 Å². The lowest BCUT2D eigenvalue weighted by molar-refractivity contribution is -0.0233. The van der Waals surface area contributed by atoms with E-state index in [1.54, 1.807) is 13.8 Å². The van der Waals surface area contributed by atoms with Crippen molar-refractivity contribution < 1.29 is 19.1 Å². The van der Waals surface area contributed by atoms with Gasteiger partial charge in [-0.2, -0.15) is 0 Å². The van der Waals surface area contributed by atoms with Crippen LogP contribution in [0.4, 0.5) is 0 Å². The molecule has 2 unspecified atom stereocenters. The van der Waals surface area contributed by atoms with Crippen LogP contribution in [-0.4, -0.2) is 21.4 Å². The highest BCUT2D eigenvalue weighted by Crippen LogP contribution is 2.55. The largest absolute Gasteiger partial charge is 0.357 e. The molecular formula is C7H17NO4P. The Balaban J connectivity index is 4.86. The van der Waals surface area contributed by atoms with Crippen LogP contribution in [0, 0.1) is 5.92 Å². The fourth-order valence-electron chi connectivity index (χ4n) is 0.840. The lowest BCUT2D eigenvalue weighted by Crippen LogP contribution is -2.39. The van der Waals surface area contributed by atoms with Crippen molar-refractivity contribution in [3.05, 3.63) is 5.92 Å². The molecule has 0 saturated carbocycles. The molecule has 0 bridgehead atoms. The first-order chi connectivity index (χ1) is 5.61. The predicted molar refractivity (Wildman–Crippen MR) is 49.8 cm³/mol. The van der Waals surface area contributed by atoms with E-state index in [0.717, 1.165) is 0 Å². The molecule has 0 fully saturated rings. The molecule has 0 aromatic heterocycles. The van der Waals surface area contributed by atoms with Gasteiger partial charge in [0.1, 0.15) is 6.23 Å². The second-order valence-corrected chi connectivity index (χ2v) is 5.29. The Hall–Kier alpha value is 0.0700. The molecule has 0 spiro atoms. The third-order valence-electron chi connectivity index (χ3n) is 1.90. The summed E-state index contributed by atoms with van der Waals surface area (Å²) in [5, 5.41) is -1.58. The van der Waals surface area contributed by atoms with Crippen molar-refractivity contribution in [2.75, 3.05) is 0 Å². The number of hydrogen-bond acceptors (Lipinski definition) is 3. The van der Waals surface area contributed by atoms with Gasteiger partial charge in [-0.15, -0.1) is 0 Å². The topological polar surface area (TPSA) is 92.8 Å². The molecule has 0 saturated heterocycles. The van der Waals surface area contributed by atoms with Crippen molar-refractivity contribution in [2.45, 2.75) is 39.3 Å². The fourth-order valence-corrected chi connectivity index (χ4v) is 1.73. The van der Waals surface area contributed by atoms with Gasteiger partial charge in [0.25, 0.3) is 0 Å². The first-order valence-electron chi connectivity index (χ1n) is 3.91. The average Bonchev–Trinajstić information content (AvgIpc) is 1.82. The highest BCUT2D eigenvalue weighted by molar-refractivity contribution is 7.53. The Morgan fingerprint density at radius 1 is 1.54 bits per heavy atom. The molecule has 0 aliphatic heterocycles. The summed E-state index contributed by atoms with van der Waals surface area (Å²) in [6, 6.07) is 0. The zero-order valence-corrected chi connectivity index (χ0v) is 9.21. The smallest absolute Gasteiger partial charge is 0.344 e. The average molecular weight is 210 g/mol. The Bertz CT molecular complexity index is 213. The van der Waals surface area contributed by atoms with Crippen molar-refractivity contribution in [2.24, 2.45) is 5.73 Å². The van der Waals surface area contributed by atoms with Crippen molar-refractivity contribution in [3.63, 3.8) is 0 Å². The Labute approximate surface area is 78.4 Å². The maximum absolute atomic E-state index is 11.1. The summed E-state index contributed by atoms with van der Waals surface area (Å²) < 4.78 is 16.2. The van der Waals surface area contributed by atoms with Crippen LogP contribution in [0.25, 0.3) is 0 Å². The Morgan fingerprint density at radius 3 is 2.00 bits per heavy atom. The van der Waals surface area contributed by atoms with Gasteiger partial charge in [-0.3, -0.25) is 4.57 Å². The first-order valence-corrected chi connectivity index (χ1v) is 5.52. The monoisotopic (exact) mass is 210 g/mol. The standard InChI is InChI=1S/C7H17NO4P/c1-5(2)7(4,12-6(3)8)13(9,10)11/h6H,8H2,1-4H3,(H2,9,10,11). The molecule has 5 nitrogen and oxygen atoms in total. The van der Waals surface area contributed by atoms with Crippen LogP contribution in [0.1, 0.15) is 27.7 Å². The van der Waals surface area contributed by atoms with Crippen LogP contribution in [0.5, 0.6) is 0 Å². The maximum atomic E-state index is 11.1. The van der Waals surface area contributed by atoms with E-state index in [1.165, 1.54) is 13.8 Å².